The van der Waals surface area contributed by atoms with Gasteiger partial charge in [-0.25, -0.2) is 18.0 Å². The second kappa shape index (κ2) is 19.5. The van der Waals surface area contributed by atoms with Crippen LogP contribution in [-0.2, 0) is 29.0 Å². The van der Waals surface area contributed by atoms with Crippen molar-refractivity contribution in [3.05, 3.63) is 72.6 Å². The molecule has 0 aromatic heterocycles. The Hall–Kier alpha value is -1.87. The Morgan fingerprint density at radius 2 is 0.884 bits per heavy atom. The fraction of sp³-hybridized carbons (Fsp3) is 0.375. The summed E-state index contributed by atoms with van der Waals surface area (Å²) in [5.41, 5.74) is -2.58. The van der Waals surface area contributed by atoms with E-state index >= 15 is 0 Å². The molecular weight excluding hydrogens is 778 g/mol. The average molecular weight is 809 g/mol. The number of hydrogen-bond acceptors (Lipinski definition) is 8. The highest BCUT2D eigenvalue weighted by Gasteiger charge is 2.44. The molecule has 0 spiro atoms. The number of alkyl halides is 3. The van der Waals surface area contributed by atoms with Crippen LogP contribution in [0.25, 0.3) is 0 Å². The van der Waals surface area contributed by atoms with Crippen LogP contribution in [0.1, 0.15) is 52.7 Å². The fourth-order valence-electron chi connectivity index (χ4n) is 2.27. The van der Waals surface area contributed by atoms with Gasteiger partial charge in [0.05, 0.1) is 0 Å². The lowest BCUT2D eigenvalue weighted by atomic mass is 9.87. The monoisotopic (exact) mass is 808 g/mol. The highest BCUT2D eigenvalue weighted by atomic mass is 127. The van der Waals surface area contributed by atoms with Crippen LogP contribution < -0.4 is 21.2 Å². The zero-order chi connectivity index (χ0) is 30.2. The van der Waals surface area contributed by atoms with Gasteiger partial charge in [-0.2, -0.15) is 13.2 Å². The van der Waals surface area contributed by atoms with Gasteiger partial charge >= 0.3 is 37.3 Å². The van der Waals surface area contributed by atoms with Crippen LogP contribution in [0.2, 0.25) is 0 Å². The number of hydrogen-bond donors (Lipinski definition) is 0. The largest absolute Gasteiger partial charge is 0.473 e. The first-order valence-corrected chi connectivity index (χ1v) is 15.9. The van der Waals surface area contributed by atoms with Gasteiger partial charge in [0.2, 0.25) is 0 Å². The van der Waals surface area contributed by atoms with Crippen LogP contribution in [0.15, 0.2) is 48.5 Å². The Morgan fingerprint density at radius 3 is 1.00 bits per heavy atom. The molecule has 0 N–H and O–H groups in total. The maximum atomic E-state index is 11.0. The van der Waals surface area contributed by atoms with E-state index in [-0.39, 0.29) is 61.5 Å². The number of benzene rings is 2. The van der Waals surface area contributed by atoms with Crippen LogP contribution in [0.5, 0.6) is 0 Å². The van der Waals surface area contributed by atoms with Gasteiger partial charge in [-0.05, 0) is 46.2 Å². The zero-order valence-electron chi connectivity index (χ0n) is 23.2. The minimum atomic E-state index is -6.33. The molecule has 0 unspecified atom stereocenters. The first-order chi connectivity index (χ1) is 17.6. The number of carbonyl (C=O) groups excluding carboxylic acids is 2. The first kappa shape index (κ1) is 48.0. The van der Waals surface area contributed by atoms with E-state index in [2.05, 4.69) is 98.4 Å². The third-order valence-corrected chi connectivity index (χ3v) is 8.75. The van der Waals surface area contributed by atoms with Gasteiger partial charge in [-0.3, -0.25) is 18.8 Å². The van der Waals surface area contributed by atoms with E-state index in [1.807, 2.05) is 0 Å². The summed E-state index contributed by atoms with van der Waals surface area (Å²) in [5, 5.41) is -0.333. The Balaban J connectivity index is -0.000000288. The number of carbonyl (C=O) groups is 2. The fourth-order valence-corrected chi connectivity index (χ4v) is 4.67. The van der Waals surface area contributed by atoms with Crippen molar-refractivity contribution in [2.24, 2.45) is 0 Å². The second-order valence-electron chi connectivity index (χ2n) is 9.62. The van der Waals surface area contributed by atoms with Crippen molar-refractivity contribution >= 4 is 44.5 Å². The number of sulfone groups is 1. The average Bonchev–Trinajstić information content (AvgIpc) is 3.74. The predicted octanol–water partition coefficient (Wildman–Crippen LogP) is 5.90. The van der Waals surface area contributed by atoms with Crippen molar-refractivity contribution in [1.29, 1.82) is 0 Å². The van der Waals surface area contributed by atoms with E-state index < -0.39 is 21.1 Å². The molecule has 0 saturated carbocycles. The van der Waals surface area contributed by atoms with Crippen molar-refractivity contribution in [2.45, 2.75) is 57.9 Å². The summed E-state index contributed by atoms with van der Waals surface area (Å²) in [6.45, 7) is 13.6. The lowest BCUT2D eigenvalue weighted by molar-refractivity contribution is -0.597. The molecule has 43 heavy (non-hydrogen) atoms. The van der Waals surface area contributed by atoms with Crippen LogP contribution >= 0.6 is 24.1 Å². The van der Waals surface area contributed by atoms with Gasteiger partial charge in [0.25, 0.3) is 0 Å². The lowest BCUT2D eigenvalue weighted by Crippen LogP contribution is -3.61. The second-order valence-corrected chi connectivity index (χ2v) is 15.8. The maximum absolute atomic E-state index is 11.0. The SMILES string of the molecule is CC(C)(C)c1ccc([I+]c2ccc(C(C)(C)C)cc2)cc1.F.F.F.F.O=C1OS1.O=C1OS1.O=S(=O)([C-](F)F)C(F)(F)F. The van der Waals surface area contributed by atoms with E-state index in [9.17, 15) is 40.0 Å². The molecule has 6 nitrogen and oxygen atoms in total. The standard InChI is InChI=1S/C20H26I.C2F5O2S.2CO2S.4FH/c1-19(2,3)15-7-11-17(12-8-15)21-18-13-9-16(10-14-18)20(4,5)6;3-1(4)10(8,9)2(5,6)7;2*2-1-3-4-1;;;;/h7-14H,1-6H3;;;;4*1H/q+1;-1;;;;;;. The van der Waals surface area contributed by atoms with Crippen molar-refractivity contribution in [3.63, 3.8) is 0 Å². The van der Waals surface area contributed by atoms with E-state index in [1.54, 1.807) is 0 Å². The van der Waals surface area contributed by atoms with E-state index in [1.165, 1.54) is 18.3 Å². The summed E-state index contributed by atoms with van der Waals surface area (Å²) in [6, 6.07) is 18.4. The van der Waals surface area contributed by atoms with Crippen molar-refractivity contribution in [2.75, 3.05) is 0 Å². The van der Waals surface area contributed by atoms with Crippen LogP contribution in [0.4, 0.5) is 50.4 Å². The molecule has 2 saturated heterocycles. The first-order valence-electron chi connectivity index (χ1n) is 10.8. The molecule has 2 aliphatic rings. The molecule has 0 atom stereocenters. The Kier molecular flexibility index (Phi) is 21.8. The molecule has 2 aromatic carbocycles. The smallest absolute Gasteiger partial charge is 0.403 e. The normalized spacial score (nSPS) is 13.0. The molecule has 2 heterocycles. The van der Waals surface area contributed by atoms with Gasteiger partial charge in [0.1, 0.15) is 5.76 Å². The summed E-state index contributed by atoms with van der Waals surface area (Å²) in [7, 11) is -6.33. The lowest BCUT2D eigenvalue weighted by Gasteiger charge is -2.18. The maximum Gasteiger partial charge on any atom is 0.473 e. The summed E-state index contributed by atoms with van der Waals surface area (Å²) in [4.78, 5) is 18.6. The highest BCUT2D eigenvalue weighted by Crippen LogP contribution is 2.32. The third kappa shape index (κ3) is 19.2. The molecular formula is C24H30F9IO6S3. The van der Waals surface area contributed by atoms with Gasteiger partial charge in [0, 0.05) is 0 Å². The Morgan fingerprint density at radius 1 is 0.651 bits per heavy atom. The molecule has 2 fully saturated rings. The summed E-state index contributed by atoms with van der Waals surface area (Å²) < 4.78 is 84.7. The highest BCUT2D eigenvalue weighted by molar-refractivity contribution is 8.17. The molecule has 250 valence electrons. The molecule has 19 heteroatoms. The van der Waals surface area contributed by atoms with E-state index in [4.69, 9.17) is 0 Å². The van der Waals surface area contributed by atoms with Gasteiger partial charge in [-0.1, -0.05) is 65.8 Å². The third-order valence-electron chi connectivity index (χ3n) is 4.45. The minimum absolute atomic E-state index is 0. The minimum Gasteiger partial charge on any atom is -0.403 e. The molecule has 4 rings (SSSR count). The molecule has 0 bridgehead atoms. The van der Waals surface area contributed by atoms with Crippen LogP contribution in [0.3, 0.4) is 0 Å². The van der Waals surface area contributed by atoms with Crippen LogP contribution in [-0.4, -0.2) is 24.5 Å². The number of halogens is 10. The van der Waals surface area contributed by atoms with Gasteiger partial charge in [0.15, 0.2) is 41.1 Å². The molecule has 2 aromatic rings. The van der Waals surface area contributed by atoms with E-state index in [0.717, 1.165) is 24.1 Å². The van der Waals surface area contributed by atoms with Crippen molar-refractivity contribution in [3.8, 4) is 0 Å². The molecule has 0 aliphatic carbocycles. The van der Waals surface area contributed by atoms with E-state index in [0.29, 0.717) is 0 Å². The molecule has 2 aliphatic heterocycles. The molecule has 0 amide bonds. The Bertz CT molecular complexity index is 1130. The van der Waals surface area contributed by atoms with Gasteiger partial charge in [-0.15, -0.1) is 0 Å². The summed E-state index contributed by atoms with van der Waals surface area (Å²) in [6.07, 6.45) is 0. The van der Waals surface area contributed by atoms with Crippen molar-refractivity contribution in [1.82, 2.24) is 0 Å². The summed E-state index contributed by atoms with van der Waals surface area (Å²) >= 11 is 1.70. The quantitative estimate of drug-likeness (QED) is 0.125. The van der Waals surface area contributed by atoms with Crippen LogP contribution in [0, 0.1) is 12.9 Å². The topological polar surface area (TPSA) is 93.3 Å². The number of rotatable bonds is 3. The predicted molar refractivity (Wildman–Crippen MR) is 146 cm³/mol. The van der Waals surface area contributed by atoms with Crippen molar-refractivity contribution < 1.29 is 88.3 Å². The summed E-state index contributed by atoms with van der Waals surface area (Å²) in [5.74, 6) is -3.64. The van der Waals surface area contributed by atoms with Gasteiger partial charge < -0.3 is 17.1 Å². The Labute approximate surface area is 262 Å². The molecule has 0 radical (unpaired) electrons. The zero-order valence-corrected chi connectivity index (χ0v) is 27.8.